The quantitative estimate of drug-likeness (QED) is 0.736. The number of hydrogen-bond acceptors (Lipinski definition) is 2. The molecular formula is C14H16N2O. The molecule has 0 fully saturated rings. The maximum absolute atomic E-state index is 11.8. The molecule has 1 aromatic carbocycles. The summed E-state index contributed by atoms with van der Waals surface area (Å²) in [7, 11) is 0. The predicted molar refractivity (Wildman–Crippen MR) is 67.4 cm³/mol. The second-order valence-corrected chi connectivity index (χ2v) is 4.04. The van der Waals surface area contributed by atoms with E-state index in [-0.39, 0.29) is 5.78 Å². The van der Waals surface area contributed by atoms with Gasteiger partial charge in [-0.1, -0.05) is 31.5 Å². The topological polar surface area (TPSA) is 34.9 Å². The molecule has 3 nitrogen and oxygen atoms in total. The molecule has 17 heavy (non-hydrogen) atoms. The number of aromatic nitrogens is 2. The summed E-state index contributed by atoms with van der Waals surface area (Å²) < 4.78 is 1.74. The van der Waals surface area contributed by atoms with Crippen molar-refractivity contribution in [2.75, 3.05) is 0 Å². The van der Waals surface area contributed by atoms with Gasteiger partial charge >= 0.3 is 0 Å². The molecular weight excluding hydrogens is 212 g/mol. The van der Waals surface area contributed by atoms with Gasteiger partial charge in [0, 0.05) is 12.6 Å². The van der Waals surface area contributed by atoms with E-state index >= 15 is 0 Å². The van der Waals surface area contributed by atoms with Crippen LogP contribution in [0.2, 0.25) is 0 Å². The van der Waals surface area contributed by atoms with Crippen molar-refractivity contribution in [3.63, 3.8) is 0 Å². The van der Waals surface area contributed by atoms with Gasteiger partial charge < -0.3 is 0 Å². The standard InChI is InChI=1S/C14H16N2O/c1-2-3-9-14(17)12-10-15-16(11-12)13-7-5-4-6-8-13/h4-8,10-11H,2-3,9H2,1H3. The van der Waals surface area contributed by atoms with E-state index < -0.39 is 0 Å². The van der Waals surface area contributed by atoms with E-state index in [0.29, 0.717) is 12.0 Å². The van der Waals surface area contributed by atoms with E-state index in [1.54, 1.807) is 17.1 Å². The van der Waals surface area contributed by atoms with Crippen LogP contribution in [0.15, 0.2) is 42.7 Å². The Balaban J connectivity index is 2.14. The minimum atomic E-state index is 0.175. The number of unbranched alkanes of at least 4 members (excludes halogenated alkanes) is 1. The van der Waals surface area contributed by atoms with Gasteiger partial charge in [-0.05, 0) is 18.6 Å². The number of carbonyl (C=O) groups is 1. The Morgan fingerprint density at radius 3 is 2.76 bits per heavy atom. The van der Waals surface area contributed by atoms with Gasteiger partial charge in [0.15, 0.2) is 5.78 Å². The van der Waals surface area contributed by atoms with Crippen molar-refractivity contribution in [1.82, 2.24) is 9.78 Å². The highest BCUT2D eigenvalue weighted by Crippen LogP contribution is 2.10. The van der Waals surface area contributed by atoms with Gasteiger partial charge in [-0.2, -0.15) is 5.10 Å². The van der Waals surface area contributed by atoms with Crippen molar-refractivity contribution in [3.8, 4) is 5.69 Å². The predicted octanol–water partition coefficient (Wildman–Crippen LogP) is 3.25. The van der Waals surface area contributed by atoms with E-state index in [1.165, 1.54) is 0 Å². The number of nitrogens with zero attached hydrogens (tertiary/aromatic N) is 2. The molecule has 0 aliphatic carbocycles. The third-order valence-electron chi connectivity index (χ3n) is 2.68. The van der Waals surface area contributed by atoms with Crippen LogP contribution in [0.3, 0.4) is 0 Å². The molecule has 2 aromatic rings. The lowest BCUT2D eigenvalue weighted by Gasteiger charge is -1.99. The smallest absolute Gasteiger partial charge is 0.166 e. The first-order chi connectivity index (χ1) is 8.31. The summed E-state index contributed by atoms with van der Waals surface area (Å²) in [6, 6.07) is 9.80. The Hall–Kier alpha value is -1.90. The fraction of sp³-hybridized carbons (Fsp3) is 0.286. The summed E-state index contributed by atoms with van der Waals surface area (Å²) >= 11 is 0. The maximum atomic E-state index is 11.8. The van der Waals surface area contributed by atoms with Gasteiger partial charge in [0.05, 0.1) is 17.4 Å². The minimum Gasteiger partial charge on any atom is -0.294 e. The van der Waals surface area contributed by atoms with Gasteiger partial charge in [0.25, 0.3) is 0 Å². The molecule has 88 valence electrons. The van der Waals surface area contributed by atoms with Crippen LogP contribution >= 0.6 is 0 Å². The van der Waals surface area contributed by atoms with Crippen LogP contribution in [0.5, 0.6) is 0 Å². The van der Waals surface area contributed by atoms with Crippen molar-refractivity contribution < 1.29 is 4.79 Å². The van der Waals surface area contributed by atoms with E-state index in [1.807, 2.05) is 30.3 Å². The normalized spacial score (nSPS) is 10.4. The molecule has 0 saturated carbocycles. The molecule has 1 aromatic heterocycles. The average Bonchev–Trinajstić information content (AvgIpc) is 2.86. The fourth-order valence-corrected chi connectivity index (χ4v) is 1.67. The Bertz CT molecular complexity index is 488. The van der Waals surface area contributed by atoms with E-state index in [9.17, 15) is 4.79 Å². The van der Waals surface area contributed by atoms with E-state index in [2.05, 4.69) is 12.0 Å². The van der Waals surface area contributed by atoms with Crippen LogP contribution < -0.4 is 0 Å². The zero-order valence-electron chi connectivity index (χ0n) is 9.97. The van der Waals surface area contributed by atoms with Crippen molar-refractivity contribution in [3.05, 3.63) is 48.3 Å². The van der Waals surface area contributed by atoms with E-state index in [4.69, 9.17) is 0 Å². The number of hydrogen-bond donors (Lipinski definition) is 0. The molecule has 0 spiro atoms. The molecule has 0 N–H and O–H groups in total. The van der Waals surface area contributed by atoms with Crippen LogP contribution in [-0.2, 0) is 0 Å². The molecule has 3 heteroatoms. The van der Waals surface area contributed by atoms with Gasteiger partial charge in [-0.3, -0.25) is 4.79 Å². The van der Waals surface area contributed by atoms with Gasteiger partial charge in [-0.15, -0.1) is 0 Å². The van der Waals surface area contributed by atoms with Crippen LogP contribution in [0.4, 0.5) is 0 Å². The third-order valence-corrected chi connectivity index (χ3v) is 2.68. The summed E-state index contributed by atoms with van der Waals surface area (Å²) in [5, 5.41) is 4.21. The first-order valence-corrected chi connectivity index (χ1v) is 5.94. The van der Waals surface area contributed by atoms with Crippen LogP contribution in [-0.4, -0.2) is 15.6 Å². The first kappa shape index (κ1) is 11.6. The second-order valence-electron chi connectivity index (χ2n) is 4.04. The van der Waals surface area contributed by atoms with Gasteiger partial charge in [0.1, 0.15) is 0 Å². The van der Waals surface area contributed by atoms with Crippen LogP contribution in [0, 0.1) is 0 Å². The largest absolute Gasteiger partial charge is 0.294 e. The number of rotatable bonds is 5. The molecule has 0 aliphatic heterocycles. The van der Waals surface area contributed by atoms with Crippen molar-refractivity contribution in [2.24, 2.45) is 0 Å². The average molecular weight is 228 g/mol. The second kappa shape index (κ2) is 5.43. The summed E-state index contributed by atoms with van der Waals surface area (Å²) in [6.45, 7) is 2.08. The van der Waals surface area contributed by atoms with Gasteiger partial charge in [-0.25, -0.2) is 4.68 Å². The van der Waals surface area contributed by atoms with Gasteiger partial charge in [0.2, 0.25) is 0 Å². The highest BCUT2D eigenvalue weighted by Gasteiger charge is 2.08. The SMILES string of the molecule is CCCCC(=O)c1cnn(-c2ccccc2)c1. The van der Waals surface area contributed by atoms with Crippen molar-refractivity contribution >= 4 is 5.78 Å². The molecule has 0 amide bonds. The summed E-state index contributed by atoms with van der Waals surface area (Å²) in [6.07, 6.45) is 6.03. The van der Waals surface area contributed by atoms with Crippen molar-refractivity contribution in [1.29, 1.82) is 0 Å². The first-order valence-electron chi connectivity index (χ1n) is 5.94. The molecule has 0 aliphatic rings. The van der Waals surface area contributed by atoms with Crippen LogP contribution in [0.25, 0.3) is 5.69 Å². The Morgan fingerprint density at radius 2 is 2.06 bits per heavy atom. The molecule has 0 saturated heterocycles. The highest BCUT2D eigenvalue weighted by molar-refractivity contribution is 5.95. The molecule has 0 unspecified atom stereocenters. The zero-order chi connectivity index (χ0) is 12.1. The number of ketones is 1. The molecule has 2 rings (SSSR count). The molecule has 0 bridgehead atoms. The Morgan fingerprint density at radius 1 is 1.29 bits per heavy atom. The number of carbonyl (C=O) groups excluding carboxylic acids is 1. The lowest BCUT2D eigenvalue weighted by molar-refractivity contribution is 0.0980. The van der Waals surface area contributed by atoms with E-state index in [0.717, 1.165) is 18.5 Å². The monoisotopic (exact) mass is 228 g/mol. The van der Waals surface area contributed by atoms with Crippen LogP contribution in [0.1, 0.15) is 36.5 Å². The summed E-state index contributed by atoms with van der Waals surface area (Å²) in [5.74, 6) is 0.175. The summed E-state index contributed by atoms with van der Waals surface area (Å²) in [5.41, 5.74) is 1.67. The fourth-order valence-electron chi connectivity index (χ4n) is 1.67. The molecule has 0 radical (unpaired) electrons. The minimum absolute atomic E-state index is 0.175. The number of Topliss-reactive ketones (excluding diaryl/α,β-unsaturated/α-hetero) is 1. The lowest BCUT2D eigenvalue weighted by Crippen LogP contribution is -1.97. The number of benzene rings is 1. The highest BCUT2D eigenvalue weighted by atomic mass is 16.1. The van der Waals surface area contributed by atoms with Crippen molar-refractivity contribution in [2.45, 2.75) is 26.2 Å². The summed E-state index contributed by atoms with van der Waals surface area (Å²) in [4.78, 5) is 11.8. The maximum Gasteiger partial charge on any atom is 0.166 e. The molecule has 1 heterocycles. The lowest BCUT2D eigenvalue weighted by atomic mass is 10.1. The molecule has 0 atom stereocenters. The third kappa shape index (κ3) is 2.81. The Kier molecular flexibility index (Phi) is 3.70. The zero-order valence-corrected chi connectivity index (χ0v) is 9.97. The Labute approximate surface area is 101 Å². The number of para-hydroxylation sites is 1.